The SMILES string of the molecule is CCc1nnc(NCC(C)OC)c(C(=O)O)c1CC. The molecule has 0 amide bonds. The smallest absolute Gasteiger partial charge is 0.339 e. The van der Waals surface area contributed by atoms with Crippen LogP contribution in [-0.4, -0.2) is 41.0 Å². The number of carboxylic acids is 1. The molecule has 0 spiro atoms. The van der Waals surface area contributed by atoms with E-state index in [0.717, 1.165) is 11.3 Å². The summed E-state index contributed by atoms with van der Waals surface area (Å²) in [6.45, 7) is 6.24. The Bertz CT molecular complexity index is 449. The van der Waals surface area contributed by atoms with Crippen molar-refractivity contribution >= 4 is 11.8 Å². The number of methoxy groups -OCH3 is 1. The third kappa shape index (κ3) is 3.64. The number of aryl methyl sites for hydroxylation is 1. The molecule has 0 aliphatic heterocycles. The van der Waals surface area contributed by atoms with Crippen LogP contribution in [0, 0.1) is 0 Å². The van der Waals surface area contributed by atoms with Crippen LogP contribution in [0.25, 0.3) is 0 Å². The summed E-state index contributed by atoms with van der Waals surface area (Å²) >= 11 is 0. The summed E-state index contributed by atoms with van der Waals surface area (Å²) in [4.78, 5) is 11.4. The highest BCUT2D eigenvalue weighted by atomic mass is 16.5. The fraction of sp³-hybridized carbons (Fsp3) is 0.615. The van der Waals surface area contributed by atoms with E-state index in [1.807, 2.05) is 20.8 Å². The molecule has 1 rings (SSSR count). The number of nitrogens with one attached hydrogen (secondary N) is 1. The van der Waals surface area contributed by atoms with Gasteiger partial charge in [0.25, 0.3) is 0 Å². The van der Waals surface area contributed by atoms with Crippen LogP contribution in [-0.2, 0) is 17.6 Å². The van der Waals surface area contributed by atoms with Crippen LogP contribution in [0.2, 0.25) is 0 Å². The zero-order chi connectivity index (χ0) is 14.4. The van der Waals surface area contributed by atoms with Gasteiger partial charge in [0.2, 0.25) is 0 Å². The van der Waals surface area contributed by atoms with Gasteiger partial charge in [0.15, 0.2) is 5.82 Å². The van der Waals surface area contributed by atoms with Gasteiger partial charge >= 0.3 is 5.97 Å². The zero-order valence-electron chi connectivity index (χ0n) is 11.9. The number of carboxylic acid groups (broad SMARTS) is 1. The molecule has 1 aromatic heterocycles. The second kappa shape index (κ2) is 7.04. The van der Waals surface area contributed by atoms with E-state index in [4.69, 9.17) is 4.74 Å². The first-order chi connectivity index (χ1) is 9.04. The van der Waals surface area contributed by atoms with Gasteiger partial charge in [-0.1, -0.05) is 13.8 Å². The topological polar surface area (TPSA) is 84.3 Å². The van der Waals surface area contributed by atoms with Crippen molar-refractivity contribution < 1.29 is 14.6 Å². The van der Waals surface area contributed by atoms with Crippen LogP contribution in [0.5, 0.6) is 0 Å². The third-order valence-corrected chi connectivity index (χ3v) is 3.02. The van der Waals surface area contributed by atoms with Gasteiger partial charge in [0.1, 0.15) is 5.56 Å². The number of nitrogens with zero attached hydrogens (tertiary/aromatic N) is 2. The van der Waals surface area contributed by atoms with E-state index in [1.165, 1.54) is 0 Å². The molecule has 0 aliphatic carbocycles. The fourth-order valence-electron chi connectivity index (χ4n) is 1.85. The number of hydrogen-bond donors (Lipinski definition) is 2. The van der Waals surface area contributed by atoms with E-state index < -0.39 is 5.97 Å². The van der Waals surface area contributed by atoms with E-state index in [1.54, 1.807) is 7.11 Å². The average molecular weight is 267 g/mol. The summed E-state index contributed by atoms with van der Waals surface area (Å²) in [5.74, 6) is -0.667. The third-order valence-electron chi connectivity index (χ3n) is 3.02. The molecule has 19 heavy (non-hydrogen) atoms. The van der Waals surface area contributed by atoms with Crippen molar-refractivity contribution in [1.29, 1.82) is 0 Å². The first kappa shape index (κ1) is 15.4. The molecule has 1 aromatic rings. The molecule has 0 saturated carbocycles. The lowest BCUT2D eigenvalue weighted by Crippen LogP contribution is -2.22. The van der Waals surface area contributed by atoms with Gasteiger partial charge < -0.3 is 15.2 Å². The molecule has 0 bridgehead atoms. The highest BCUT2D eigenvalue weighted by Gasteiger charge is 2.20. The second-order valence-corrected chi connectivity index (χ2v) is 4.29. The molecule has 1 heterocycles. The summed E-state index contributed by atoms with van der Waals surface area (Å²) < 4.78 is 5.12. The molecule has 1 atom stereocenters. The summed E-state index contributed by atoms with van der Waals surface area (Å²) in [5.41, 5.74) is 1.71. The monoisotopic (exact) mass is 267 g/mol. The Morgan fingerprint density at radius 1 is 1.37 bits per heavy atom. The van der Waals surface area contributed by atoms with Crippen molar-refractivity contribution in [3.8, 4) is 0 Å². The number of carbonyl (C=O) groups is 1. The highest BCUT2D eigenvalue weighted by molar-refractivity contribution is 5.95. The maximum Gasteiger partial charge on any atom is 0.339 e. The van der Waals surface area contributed by atoms with E-state index in [0.29, 0.717) is 25.2 Å². The minimum Gasteiger partial charge on any atom is -0.478 e. The van der Waals surface area contributed by atoms with Crippen LogP contribution in [0.15, 0.2) is 0 Å². The predicted octanol–water partition coefficient (Wildman–Crippen LogP) is 1.75. The molecule has 0 saturated heterocycles. The number of rotatable bonds is 7. The quantitative estimate of drug-likeness (QED) is 0.783. The van der Waals surface area contributed by atoms with Crippen LogP contribution >= 0.6 is 0 Å². The molecule has 0 aromatic carbocycles. The second-order valence-electron chi connectivity index (χ2n) is 4.29. The first-order valence-electron chi connectivity index (χ1n) is 6.43. The van der Waals surface area contributed by atoms with E-state index in [9.17, 15) is 9.90 Å². The van der Waals surface area contributed by atoms with E-state index >= 15 is 0 Å². The molecule has 0 aliphatic rings. The van der Waals surface area contributed by atoms with Gasteiger partial charge in [-0.3, -0.25) is 0 Å². The Morgan fingerprint density at radius 3 is 2.53 bits per heavy atom. The van der Waals surface area contributed by atoms with E-state index in [2.05, 4.69) is 15.5 Å². The predicted molar refractivity (Wildman–Crippen MR) is 72.7 cm³/mol. The van der Waals surface area contributed by atoms with Crippen LogP contribution < -0.4 is 5.32 Å². The van der Waals surface area contributed by atoms with E-state index in [-0.39, 0.29) is 11.7 Å². The summed E-state index contributed by atoms with van der Waals surface area (Å²) in [5, 5.41) is 20.5. The number of anilines is 1. The van der Waals surface area contributed by atoms with Gasteiger partial charge in [0.05, 0.1) is 11.8 Å². The Labute approximate surface area is 113 Å². The molecule has 2 N–H and O–H groups in total. The normalized spacial score (nSPS) is 12.2. The number of aromatic nitrogens is 2. The van der Waals surface area contributed by atoms with Crippen molar-refractivity contribution in [2.24, 2.45) is 0 Å². The summed E-state index contributed by atoms with van der Waals surface area (Å²) in [7, 11) is 1.60. The molecule has 6 nitrogen and oxygen atoms in total. The molecule has 6 heteroatoms. The van der Waals surface area contributed by atoms with Gasteiger partial charge in [-0.25, -0.2) is 4.79 Å². The zero-order valence-corrected chi connectivity index (χ0v) is 11.9. The molecular formula is C13H21N3O3. The van der Waals surface area contributed by atoms with Gasteiger partial charge in [0, 0.05) is 13.7 Å². The highest BCUT2D eigenvalue weighted by Crippen LogP contribution is 2.21. The summed E-state index contributed by atoms with van der Waals surface area (Å²) in [6, 6.07) is 0. The standard InChI is InChI=1S/C13H21N3O3/c1-5-9-10(6-2)15-16-12(11(9)13(17)18)14-7-8(3)19-4/h8H,5-7H2,1-4H3,(H,14,16)(H,17,18). The minimum absolute atomic E-state index is 0.0284. The molecule has 106 valence electrons. The van der Waals surface area contributed by atoms with Crippen molar-refractivity contribution in [1.82, 2.24) is 10.2 Å². The lowest BCUT2D eigenvalue weighted by atomic mass is 10.0. The maximum atomic E-state index is 11.4. The van der Waals surface area contributed by atoms with Crippen molar-refractivity contribution in [2.75, 3.05) is 19.0 Å². The van der Waals surface area contributed by atoms with Gasteiger partial charge in [-0.05, 0) is 25.3 Å². The molecule has 0 radical (unpaired) electrons. The van der Waals surface area contributed by atoms with Crippen LogP contribution in [0.1, 0.15) is 42.4 Å². The molecule has 0 fully saturated rings. The maximum absolute atomic E-state index is 11.4. The molecule has 1 unspecified atom stereocenters. The first-order valence-corrected chi connectivity index (χ1v) is 6.43. The fourth-order valence-corrected chi connectivity index (χ4v) is 1.85. The van der Waals surface area contributed by atoms with Crippen LogP contribution in [0.4, 0.5) is 5.82 Å². The average Bonchev–Trinajstić information content (AvgIpc) is 2.42. The van der Waals surface area contributed by atoms with Crippen molar-refractivity contribution in [3.05, 3.63) is 16.8 Å². The number of ether oxygens (including phenoxy) is 1. The largest absolute Gasteiger partial charge is 0.478 e. The van der Waals surface area contributed by atoms with Crippen LogP contribution in [0.3, 0.4) is 0 Å². The minimum atomic E-state index is -0.978. The Balaban J connectivity index is 3.13. The number of aromatic carboxylic acids is 1. The van der Waals surface area contributed by atoms with Crippen molar-refractivity contribution in [3.63, 3.8) is 0 Å². The lowest BCUT2D eigenvalue weighted by Gasteiger charge is -2.15. The Kier molecular flexibility index (Phi) is 5.69. The lowest BCUT2D eigenvalue weighted by molar-refractivity contribution is 0.0695. The summed E-state index contributed by atoms with van der Waals surface area (Å²) in [6.07, 6.45) is 1.26. The molecular weight excluding hydrogens is 246 g/mol. The van der Waals surface area contributed by atoms with Crippen molar-refractivity contribution in [2.45, 2.75) is 39.7 Å². The van der Waals surface area contributed by atoms with Gasteiger partial charge in [-0.15, -0.1) is 5.10 Å². The number of hydrogen-bond acceptors (Lipinski definition) is 5. The Morgan fingerprint density at radius 2 is 2.05 bits per heavy atom. The Hall–Kier alpha value is -1.69. The van der Waals surface area contributed by atoms with Gasteiger partial charge in [-0.2, -0.15) is 5.10 Å².